The summed E-state index contributed by atoms with van der Waals surface area (Å²) >= 11 is 0. The minimum Gasteiger partial charge on any atom is -0.459 e. The number of hydrogen-bond acceptors (Lipinski definition) is 5. The van der Waals surface area contributed by atoms with Crippen LogP contribution in [0.15, 0.2) is 57.7 Å². The van der Waals surface area contributed by atoms with Crippen molar-refractivity contribution in [3.05, 3.63) is 81.2 Å². The van der Waals surface area contributed by atoms with Gasteiger partial charge in [-0.3, -0.25) is 9.59 Å². The second-order valence-electron chi connectivity index (χ2n) is 6.18. The molecular weight excluding hydrogens is 346 g/mol. The monoisotopic (exact) mass is 365 g/mol. The molecule has 0 spiro atoms. The highest BCUT2D eigenvalue weighted by Gasteiger charge is 2.12. The second kappa shape index (κ2) is 7.86. The Balaban J connectivity index is 1.66. The van der Waals surface area contributed by atoms with E-state index in [1.54, 1.807) is 30.3 Å². The molecule has 0 radical (unpaired) electrons. The largest absolute Gasteiger partial charge is 0.459 e. The van der Waals surface area contributed by atoms with Gasteiger partial charge in [-0.25, -0.2) is 4.79 Å². The van der Waals surface area contributed by atoms with Crippen LogP contribution in [0.4, 0.5) is 0 Å². The molecule has 1 N–H and O–H groups in total. The Morgan fingerprint density at radius 3 is 2.56 bits per heavy atom. The zero-order valence-electron chi connectivity index (χ0n) is 15.1. The average Bonchev–Trinajstić information content (AvgIpc) is 2.68. The van der Waals surface area contributed by atoms with Gasteiger partial charge in [0.2, 0.25) is 0 Å². The fourth-order valence-electron chi connectivity index (χ4n) is 2.70. The molecule has 0 saturated carbocycles. The second-order valence-corrected chi connectivity index (χ2v) is 6.18. The summed E-state index contributed by atoms with van der Waals surface area (Å²) in [4.78, 5) is 35.7. The van der Waals surface area contributed by atoms with E-state index >= 15 is 0 Å². The number of fused-ring (bicyclic) bond motifs is 1. The number of ether oxygens (including phenoxy) is 1. The Morgan fingerprint density at radius 1 is 1.07 bits per heavy atom. The van der Waals surface area contributed by atoms with Crippen LogP contribution in [0.2, 0.25) is 0 Å². The maximum atomic E-state index is 12.0. The Kier molecular flexibility index (Phi) is 5.35. The third-order valence-electron chi connectivity index (χ3n) is 4.34. The highest BCUT2D eigenvalue weighted by Crippen LogP contribution is 2.23. The number of nitrogens with one attached hydrogen (secondary N) is 1. The minimum atomic E-state index is -0.593. The van der Waals surface area contributed by atoms with Gasteiger partial charge in [-0.15, -0.1) is 0 Å². The van der Waals surface area contributed by atoms with Crippen LogP contribution in [0.25, 0.3) is 11.0 Å². The van der Waals surface area contributed by atoms with Gasteiger partial charge in [-0.2, -0.15) is 0 Å². The fraction of sp³-hybridized carbons (Fsp3) is 0.190. The molecule has 0 saturated heterocycles. The van der Waals surface area contributed by atoms with Gasteiger partial charge in [-0.1, -0.05) is 30.3 Å². The lowest BCUT2D eigenvalue weighted by Gasteiger charge is -2.10. The van der Waals surface area contributed by atoms with Crippen LogP contribution in [0, 0.1) is 13.8 Å². The van der Waals surface area contributed by atoms with Crippen molar-refractivity contribution in [3.63, 3.8) is 0 Å². The summed E-state index contributed by atoms with van der Waals surface area (Å²) in [6, 6.07) is 13.7. The third kappa shape index (κ3) is 4.23. The van der Waals surface area contributed by atoms with E-state index in [4.69, 9.17) is 9.15 Å². The van der Waals surface area contributed by atoms with Gasteiger partial charge in [0.25, 0.3) is 5.91 Å². The Hall–Kier alpha value is -3.41. The molecule has 0 atom stereocenters. The number of carbonyl (C=O) groups is 2. The van der Waals surface area contributed by atoms with E-state index in [-0.39, 0.29) is 19.1 Å². The predicted molar refractivity (Wildman–Crippen MR) is 101 cm³/mol. The van der Waals surface area contributed by atoms with Crippen molar-refractivity contribution in [2.75, 3.05) is 6.54 Å². The fourth-order valence-corrected chi connectivity index (χ4v) is 2.70. The van der Waals surface area contributed by atoms with E-state index in [0.29, 0.717) is 16.7 Å². The van der Waals surface area contributed by atoms with Gasteiger partial charge < -0.3 is 14.5 Å². The highest BCUT2D eigenvalue weighted by molar-refractivity contribution is 5.95. The van der Waals surface area contributed by atoms with Crippen LogP contribution in [0.5, 0.6) is 0 Å². The molecule has 6 heteroatoms. The maximum absolute atomic E-state index is 12.0. The lowest BCUT2D eigenvalue weighted by atomic mass is 10.0. The van der Waals surface area contributed by atoms with Gasteiger partial charge in [0.1, 0.15) is 18.7 Å². The SMILES string of the molecule is Cc1ccc2c(COC(=O)CNC(=O)c3ccccc3)cc(=O)oc2c1C. The number of hydrogen-bond donors (Lipinski definition) is 1. The summed E-state index contributed by atoms with van der Waals surface area (Å²) in [6.07, 6.45) is 0. The number of carbonyl (C=O) groups excluding carboxylic acids is 2. The van der Waals surface area contributed by atoms with E-state index in [1.165, 1.54) is 6.07 Å². The van der Waals surface area contributed by atoms with Gasteiger partial charge in [0, 0.05) is 22.6 Å². The first-order valence-electron chi connectivity index (χ1n) is 8.47. The summed E-state index contributed by atoms with van der Waals surface area (Å²) in [5, 5.41) is 3.23. The summed E-state index contributed by atoms with van der Waals surface area (Å²) < 4.78 is 10.5. The molecule has 1 heterocycles. The molecule has 27 heavy (non-hydrogen) atoms. The molecule has 138 valence electrons. The number of aryl methyl sites for hydroxylation is 2. The average molecular weight is 365 g/mol. The lowest BCUT2D eigenvalue weighted by Crippen LogP contribution is -2.30. The summed E-state index contributed by atoms with van der Waals surface area (Å²) in [5.74, 6) is -0.950. The minimum absolute atomic E-state index is 0.0787. The highest BCUT2D eigenvalue weighted by atomic mass is 16.5. The summed E-state index contributed by atoms with van der Waals surface area (Å²) in [7, 11) is 0. The van der Waals surface area contributed by atoms with E-state index in [1.807, 2.05) is 26.0 Å². The molecule has 6 nitrogen and oxygen atoms in total. The summed E-state index contributed by atoms with van der Waals surface area (Å²) in [6.45, 7) is 3.46. The normalized spacial score (nSPS) is 10.6. The molecule has 0 unspecified atom stereocenters. The molecule has 0 aliphatic heterocycles. The number of amides is 1. The first-order valence-corrected chi connectivity index (χ1v) is 8.47. The number of esters is 1. The van der Waals surface area contributed by atoms with Gasteiger partial charge >= 0.3 is 11.6 Å². The number of rotatable bonds is 5. The van der Waals surface area contributed by atoms with Crippen molar-refractivity contribution >= 4 is 22.8 Å². The van der Waals surface area contributed by atoms with Crippen LogP contribution in [-0.4, -0.2) is 18.4 Å². The van der Waals surface area contributed by atoms with Gasteiger partial charge in [-0.05, 0) is 37.1 Å². The van der Waals surface area contributed by atoms with Crippen LogP contribution in [0.3, 0.4) is 0 Å². The Labute approximate surface area is 155 Å². The van der Waals surface area contributed by atoms with E-state index in [0.717, 1.165) is 16.5 Å². The molecule has 0 fully saturated rings. The Morgan fingerprint density at radius 2 is 1.81 bits per heavy atom. The third-order valence-corrected chi connectivity index (χ3v) is 4.34. The van der Waals surface area contributed by atoms with Crippen LogP contribution < -0.4 is 10.9 Å². The van der Waals surface area contributed by atoms with Crippen LogP contribution in [0.1, 0.15) is 27.0 Å². The molecular formula is C21H19NO5. The molecule has 0 aliphatic carbocycles. The van der Waals surface area contributed by atoms with Crippen molar-refractivity contribution < 1.29 is 18.7 Å². The first kappa shape index (κ1) is 18.4. The quantitative estimate of drug-likeness (QED) is 0.555. The van der Waals surface area contributed by atoms with Crippen LogP contribution in [-0.2, 0) is 16.1 Å². The van der Waals surface area contributed by atoms with E-state index < -0.39 is 11.6 Å². The Bertz CT molecular complexity index is 1050. The molecule has 2 aromatic carbocycles. The lowest BCUT2D eigenvalue weighted by molar-refractivity contribution is -0.143. The maximum Gasteiger partial charge on any atom is 0.336 e. The molecule has 0 aliphatic rings. The van der Waals surface area contributed by atoms with Crippen LogP contribution >= 0.6 is 0 Å². The standard InChI is InChI=1S/C21H19NO5/c1-13-8-9-17-16(10-18(23)27-20(17)14(13)2)12-26-19(24)11-22-21(25)15-6-4-3-5-7-15/h3-10H,11-12H2,1-2H3,(H,22,25). The van der Waals surface area contributed by atoms with Crippen molar-refractivity contribution in [3.8, 4) is 0 Å². The zero-order valence-corrected chi connectivity index (χ0v) is 15.1. The molecule has 1 aromatic heterocycles. The molecule has 3 rings (SSSR count). The van der Waals surface area contributed by atoms with Crippen molar-refractivity contribution in [2.24, 2.45) is 0 Å². The molecule has 3 aromatic rings. The van der Waals surface area contributed by atoms with Gasteiger partial charge in [0.05, 0.1) is 0 Å². The van der Waals surface area contributed by atoms with E-state index in [9.17, 15) is 14.4 Å². The number of benzene rings is 2. The first-order chi connectivity index (χ1) is 13.0. The topological polar surface area (TPSA) is 85.6 Å². The van der Waals surface area contributed by atoms with Crippen molar-refractivity contribution in [2.45, 2.75) is 20.5 Å². The van der Waals surface area contributed by atoms with E-state index in [2.05, 4.69) is 5.32 Å². The predicted octanol–water partition coefficient (Wildman–Crippen LogP) is 2.88. The van der Waals surface area contributed by atoms with Crippen molar-refractivity contribution in [1.82, 2.24) is 5.32 Å². The summed E-state index contributed by atoms with van der Waals surface area (Å²) in [5.41, 5.74) is 2.89. The molecule has 0 bridgehead atoms. The molecule has 1 amide bonds. The van der Waals surface area contributed by atoms with Gasteiger partial charge in [0.15, 0.2) is 0 Å². The smallest absolute Gasteiger partial charge is 0.336 e. The van der Waals surface area contributed by atoms with Crippen molar-refractivity contribution in [1.29, 1.82) is 0 Å². The zero-order chi connectivity index (χ0) is 19.4.